The molecule has 0 aromatic heterocycles. The second kappa shape index (κ2) is 6.75. The minimum absolute atomic E-state index is 0.0341. The zero-order valence-corrected chi connectivity index (χ0v) is 12.3. The molecule has 0 atom stereocenters. The van der Waals surface area contributed by atoms with E-state index in [1.807, 2.05) is 0 Å². The first kappa shape index (κ1) is 15.8. The molecular weight excluding hydrogens is 248 g/mol. The Kier molecular flexibility index (Phi) is 5.60. The predicted octanol–water partition coefficient (Wildman–Crippen LogP) is 1.10. The number of methoxy groups -OCH3 is 1. The highest BCUT2D eigenvalue weighted by atomic mass is 16.6. The summed E-state index contributed by atoms with van der Waals surface area (Å²) >= 11 is 0. The van der Waals surface area contributed by atoms with Crippen molar-refractivity contribution < 1.29 is 19.1 Å². The fraction of sp³-hybridized carbons (Fsp3) is 0.846. The van der Waals surface area contributed by atoms with Crippen molar-refractivity contribution in [3.63, 3.8) is 0 Å². The van der Waals surface area contributed by atoms with Gasteiger partial charge < -0.3 is 14.4 Å². The average molecular weight is 272 g/mol. The molecule has 1 aliphatic rings. The Bertz CT molecular complexity index is 321. The van der Waals surface area contributed by atoms with Crippen LogP contribution in [0.4, 0.5) is 4.79 Å². The van der Waals surface area contributed by atoms with E-state index >= 15 is 0 Å². The number of ether oxygens (including phenoxy) is 2. The van der Waals surface area contributed by atoms with Gasteiger partial charge in [-0.15, -0.1) is 0 Å². The van der Waals surface area contributed by atoms with Crippen LogP contribution in [0.5, 0.6) is 0 Å². The zero-order valence-electron chi connectivity index (χ0n) is 12.3. The molecule has 0 aliphatic carbocycles. The maximum absolute atomic E-state index is 12.0. The Labute approximate surface area is 114 Å². The van der Waals surface area contributed by atoms with Gasteiger partial charge in [-0.2, -0.15) is 0 Å². The second-order valence-corrected chi connectivity index (χ2v) is 5.63. The average Bonchev–Trinajstić information content (AvgIpc) is 2.18. The summed E-state index contributed by atoms with van der Waals surface area (Å²) in [6.07, 6.45) is 0.564. The van der Waals surface area contributed by atoms with Crippen LogP contribution < -0.4 is 0 Å². The monoisotopic (exact) mass is 272 g/mol. The fourth-order valence-corrected chi connectivity index (χ4v) is 1.59. The number of hydrogen-bond acceptors (Lipinski definition) is 4. The first-order chi connectivity index (χ1) is 8.83. The molecule has 0 aromatic carbocycles. The number of carbonyl (C=O) groups is 2. The van der Waals surface area contributed by atoms with Crippen LogP contribution in [-0.2, 0) is 14.3 Å². The highest BCUT2D eigenvalue weighted by molar-refractivity contribution is 5.82. The molecule has 0 aromatic rings. The standard InChI is InChI=1S/C13H24N2O4/c1-13(2,3)19-12(17)15(8-9-18-4)10-11(16)14-6-5-7-14/h5-10H2,1-4H3. The van der Waals surface area contributed by atoms with Gasteiger partial charge in [0.25, 0.3) is 0 Å². The van der Waals surface area contributed by atoms with Crippen molar-refractivity contribution in [3.05, 3.63) is 0 Å². The molecule has 0 bridgehead atoms. The van der Waals surface area contributed by atoms with Gasteiger partial charge in [0.05, 0.1) is 6.61 Å². The highest BCUT2D eigenvalue weighted by Gasteiger charge is 2.27. The van der Waals surface area contributed by atoms with Crippen molar-refractivity contribution in [3.8, 4) is 0 Å². The Hall–Kier alpha value is -1.30. The van der Waals surface area contributed by atoms with Gasteiger partial charge in [-0.3, -0.25) is 9.69 Å². The summed E-state index contributed by atoms with van der Waals surface area (Å²) in [5.41, 5.74) is -0.567. The Morgan fingerprint density at radius 2 is 1.89 bits per heavy atom. The summed E-state index contributed by atoms with van der Waals surface area (Å²) in [5.74, 6) is -0.0341. The van der Waals surface area contributed by atoms with Gasteiger partial charge in [-0.05, 0) is 27.2 Å². The maximum atomic E-state index is 12.0. The molecule has 1 fully saturated rings. The lowest BCUT2D eigenvalue weighted by atomic mass is 10.2. The van der Waals surface area contributed by atoms with E-state index in [1.54, 1.807) is 32.8 Å². The van der Waals surface area contributed by atoms with Gasteiger partial charge in [0.2, 0.25) is 5.91 Å². The lowest BCUT2D eigenvalue weighted by Gasteiger charge is -2.33. The third-order valence-electron chi connectivity index (χ3n) is 2.75. The maximum Gasteiger partial charge on any atom is 0.410 e. The van der Waals surface area contributed by atoms with Crippen molar-refractivity contribution in [2.45, 2.75) is 32.8 Å². The van der Waals surface area contributed by atoms with Crippen LogP contribution >= 0.6 is 0 Å². The number of rotatable bonds is 5. The summed E-state index contributed by atoms with van der Waals surface area (Å²) in [7, 11) is 1.56. The van der Waals surface area contributed by atoms with Crippen molar-refractivity contribution in [1.29, 1.82) is 0 Å². The number of likely N-dealkylation sites (tertiary alicyclic amines) is 1. The SMILES string of the molecule is COCCN(CC(=O)N1CCC1)C(=O)OC(C)(C)C. The smallest absolute Gasteiger partial charge is 0.410 e. The molecule has 0 spiro atoms. The summed E-state index contributed by atoms with van der Waals surface area (Å²) in [4.78, 5) is 27.0. The molecule has 0 N–H and O–H groups in total. The van der Waals surface area contributed by atoms with E-state index < -0.39 is 11.7 Å². The van der Waals surface area contributed by atoms with Crippen LogP contribution in [-0.4, -0.2) is 67.3 Å². The third-order valence-corrected chi connectivity index (χ3v) is 2.75. The van der Waals surface area contributed by atoms with E-state index in [0.717, 1.165) is 19.5 Å². The summed E-state index contributed by atoms with van der Waals surface area (Å²) in [6.45, 7) is 7.76. The highest BCUT2D eigenvalue weighted by Crippen LogP contribution is 2.11. The second-order valence-electron chi connectivity index (χ2n) is 5.63. The van der Waals surface area contributed by atoms with Crippen LogP contribution in [0.2, 0.25) is 0 Å². The van der Waals surface area contributed by atoms with Gasteiger partial charge in [0.1, 0.15) is 12.1 Å². The van der Waals surface area contributed by atoms with Crippen molar-refractivity contribution >= 4 is 12.0 Å². The number of amides is 2. The van der Waals surface area contributed by atoms with E-state index in [9.17, 15) is 9.59 Å². The van der Waals surface area contributed by atoms with Crippen molar-refractivity contribution in [2.75, 3.05) is 39.9 Å². The molecule has 6 heteroatoms. The molecule has 6 nitrogen and oxygen atoms in total. The minimum Gasteiger partial charge on any atom is -0.444 e. The van der Waals surface area contributed by atoms with Crippen LogP contribution in [0.15, 0.2) is 0 Å². The molecular formula is C13H24N2O4. The molecule has 1 rings (SSSR count). The zero-order chi connectivity index (χ0) is 14.5. The molecule has 0 unspecified atom stereocenters. The van der Waals surface area contributed by atoms with Crippen LogP contribution in [0.1, 0.15) is 27.2 Å². The number of carbonyl (C=O) groups excluding carboxylic acids is 2. The van der Waals surface area contributed by atoms with Crippen molar-refractivity contribution in [1.82, 2.24) is 9.80 Å². The summed E-state index contributed by atoms with van der Waals surface area (Å²) in [6, 6.07) is 0. The van der Waals surface area contributed by atoms with Crippen LogP contribution in [0, 0.1) is 0 Å². The predicted molar refractivity (Wildman–Crippen MR) is 70.9 cm³/mol. The summed E-state index contributed by atoms with van der Waals surface area (Å²) < 4.78 is 10.3. The summed E-state index contributed by atoms with van der Waals surface area (Å²) in [5, 5.41) is 0. The Morgan fingerprint density at radius 1 is 1.26 bits per heavy atom. The van der Waals surface area contributed by atoms with Gasteiger partial charge in [-0.1, -0.05) is 0 Å². The lowest BCUT2D eigenvalue weighted by Crippen LogP contribution is -2.49. The van der Waals surface area contributed by atoms with Crippen LogP contribution in [0.25, 0.3) is 0 Å². The topological polar surface area (TPSA) is 59.1 Å². The normalized spacial score (nSPS) is 14.8. The quantitative estimate of drug-likeness (QED) is 0.752. The molecule has 0 radical (unpaired) electrons. The molecule has 1 saturated heterocycles. The van der Waals surface area contributed by atoms with E-state index in [0.29, 0.717) is 13.2 Å². The molecule has 0 saturated carbocycles. The molecule has 1 heterocycles. The molecule has 110 valence electrons. The first-order valence-corrected chi connectivity index (χ1v) is 6.58. The molecule has 2 amide bonds. The van der Waals surface area contributed by atoms with Gasteiger partial charge in [0.15, 0.2) is 0 Å². The largest absolute Gasteiger partial charge is 0.444 e. The minimum atomic E-state index is -0.567. The third kappa shape index (κ3) is 5.46. The van der Waals surface area contributed by atoms with E-state index in [-0.39, 0.29) is 12.5 Å². The van der Waals surface area contributed by atoms with Gasteiger partial charge in [-0.25, -0.2) is 4.79 Å². The molecule has 19 heavy (non-hydrogen) atoms. The number of nitrogens with zero attached hydrogens (tertiary/aromatic N) is 2. The van der Waals surface area contributed by atoms with E-state index in [2.05, 4.69) is 0 Å². The van der Waals surface area contributed by atoms with Gasteiger partial charge >= 0.3 is 6.09 Å². The van der Waals surface area contributed by atoms with Gasteiger partial charge in [0, 0.05) is 26.7 Å². The Balaban J connectivity index is 2.54. The van der Waals surface area contributed by atoms with Crippen molar-refractivity contribution in [2.24, 2.45) is 0 Å². The lowest BCUT2D eigenvalue weighted by molar-refractivity contribution is -0.135. The van der Waals surface area contributed by atoms with Crippen LogP contribution in [0.3, 0.4) is 0 Å². The first-order valence-electron chi connectivity index (χ1n) is 6.58. The van der Waals surface area contributed by atoms with E-state index in [1.165, 1.54) is 4.90 Å². The number of hydrogen-bond donors (Lipinski definition) is 0. The fourth-order valence-electron chi connectivity index (χ4n) is 1.59. The Morgan fingerprint density at radius 3 is 2.32 bits per heavy atom. The molecule has 1 aliphatic heterocycles. The van der Waals surface area contributed by atoms with E-state index in [4.69, 9.17) is 9.47 Å².